The molecule has 0 saturated heterocycles. The summed E-state index contributed by atoms with van der Waals surface area (Å²) in [5, 5.41) is 8.76. The molecule has 0 aliphatic heterocycles. The Morgan fingerprint density at radius 2 is 1.41 bits per heavy atom. The van der Waals surface area contributed by atoms with Gasteiger partial charge in [-0.25, -0.2) is 0 Å². The largest absolute Gasteiger partial charge is 0.359 e. The molecule has 5 rings (SSSR count). The molecule has 132 valence electrons. The van der Waals surface area contributed by atoms with Gasteiger partial charge in [-0.1, -0.05) is 91.5 Å². The molecule has 0 atom stereocenters. The molecule has 0 unspecified atom stereocenters. The Labute approximate surface area is 160 Å². The van der Waals surface area contributed by atoms with Gasteiger partial charge in [-0.05, 0) is 52.1 Å². The topological polar surface area (TPSA) is 12.0 Å². The van der Waals surface area contributed by atoms with Gasteiger partial charge in [0.1, 0.15) is 0 Å². The zero-order valence-corrected chi connectivity index (χ0v) is 15.6. The first-order valence-electron chi connectivity index (χ1n) is 9.30. The number of benzene rings is 4. The molecule has 0 radical (unpaired) electrons. The minimum absolute atomic E-state index is 0.945. The van der Waals surface area contributed by atoms with Crippen molar-refractivity contribution in [2.24, 2.45) is 0 Å². The minimum Gasteiger partial charge on any atom is -0.359 e. The van der Waals surface area contributed by atoms with E-state index in [0.717, 1.165) is 12.1 Å². The van der Waals surface area contributed by atoms with Crippen LogP contribution in [0.3, 0.4) is 0 Å². The lowest BCUT2D eigenvalue weighted by Crippen LogP contribution is -1.99. The van der Waals surface area contributed by atoms with Gasteiger partial charge in [0, 0.05) is 11.4 Å². The highest BCUT2D eigenvalue weighted by Crippen LogP contribution is 2.37. The lowest BCUT2D eigenvalue weighted by Gasteiger charge is -2.15. The van der Waals surface area contributed by atoms with Crippen molar-refractivity contribution in [2.45, 2.75) is 13.3 Å². The van der Waals surface area contributed by atoms with Crippen molar-refractivity contribution in [1.29, 1.82) is 0 Å². The third-order valence-electron chi connectivity index (χ3n) is 4.80. The Bertz CT molecular complexity index is 1110. The Balaban J connectivity index is 0.000000257. The molecule has 1 aliphatic carbocycles. The average Bonchev–Trinajstić information content (AvgIpc) is 2.90. The molecule has 1 nitrogen and oxygen atoms in total. The molecule has 1 aliphatic rings. The maximum absolute atomic E-state index is 3.98. The molecule has 27 heavy (non-hydrogen) atoms. The maximum Gasteiger partial charge on any atom is 0.0423 e. The summed E-state index contributed by atoms with van der Waals surface area (Å²) >= 11 is 0. The van der Waals surface area contributed by atoms with Crippen LogP contribution in [0.5, 0.6) is 0 Å². The van der Waals surface area contributed by atoms with Crippen molar-refractivity contribution in [3.8, 4) is 0 Å². The molecule has 0 fully saturated rings. The van der Waals surface area contributed by atoms with E-state index < -0.39 is 0 Å². The van der Waals surface area contributed by atoms with Crippen LogP contribution in [0.1, 0.15) is 18.1 Å². The van der Waals surface area contributed by atoms with Gasteiger partial charge in [0.05, 0.1) is 0 Å². The molecule has 0 saturated carbocycles. The molecular formula is C26H23N. The summed E-state index contributed by atoms with van der Waals surface area (Å²) in [5.74, 6) is 0. The van der Waals surface area contributed by atoms with E-state index in [4.69, 9.17) is 0 Å². The van der Waals surface area contributed by atoms with Crippen molar-refractivity contribution >= 4 is 33.3 Å². The van der Waals surface area contributed by atoms with E-state index in [1.54, 1.807) is 0 Å². The van der Waals surface area contributed by atoms with Crippen LogP contribution in [0.2, 0.25) is 0 Å². The van der Waals surface area contributed by atoms with Crippen LogP contribution in [-0.2, 0) is 6.42 Å². The number of nitrogens with one attached hydrogen (secondary N) is 1. The summed E-state index contributed by atoms with van der Waals surface area (Å²) in [5.41, 5.74) is 4.81. The standard InChI is InChI=1S/C20H17N.C6H6/c1-13(2)21-18-12-11-16-10-9-15-6-3-5-14-7-4-8-17(18)20(16)19(14)15;1-2-4-6-5-3-1/h3-7,9-12,21H,1,8H2,2H3;1-6H. The van der Waals surface area contributed by atoms with Crippen LogP contribution in [-0.4, -0.2) is 0 Å². The molecule has 4 aromatic rings. The van der Waals surface area contributed by atoms with Gasteiger partial charge < -0.3 is 5.32 Å². The zero-order valence-electron chi connectivity index (χ0n) is 15.6. The van der Waals surface area contributed by atoms with Gasteiger partial charge in [-0.2, -0.15) is 0 Å². The van der Waals surface area contributed by atoms with Crippen molar-refractivity contribution in [2.75, 3.05) is 5.32 Å². The van der Waals surface area contributed by atoms with Crippen molar-refractivity contribution in [1.82, 2.24) is 0 Å². The van der Waals surface area contributed by atoms with Crippen LogP contribution < -0.4 is 5.32 Å². The van der Waals surface area contributed by atoms with E-state index >= 15 is 0 Å². The number of anilines is 1. The summed E-state index contributed by atoms with van der Waals surface area (Å²) < 4.78 is 0. The second-order valence-electron chi connectivity index (χ2n) is 6.87. The highest BCUT2D eigenvalue weighted by molar-refractivity contribution is 6.14. The van der Waals surface area contributed by atoms with E-state index in [1.165, 1.54) is 38.4 Å². The Morgan fingerprint density at radius 1 is 0.778 bits per heavy atom. The Morgan fingerprint density at radius 3 is 2.07 bits per heavy atom. The van der Waals surface area contributed by atoms with E-state index in [1.807, 2.05) is 43.3 Å². The number of hydrogen-bond donors (Lipinski definition) is 1. The van der Waals surface area contributed by atoms with E-state index in [2.05, 4.69) is 66.5 Å². The normalized spacial score (nSPS) is 11.7. The Kier molecular flexibility index (Phi) is 4.76. The fourth-order valence-corrected chi connectivity index (χ4v) is 3.68. The molecule has 0 amide bonds. The maximum atomic E-state index is 3.98. The van der Waals surface area contributed by atoms with Crippen LogP contribution in [0.25, 0.3) is 27.6 Å². The van der Waals surface area contributed by atoms with E-state index in [0.29, 0.717) is 0 Å². The van der Waals surface area contributed by atoms with Crippen molar-refractivity contribution in [3.05, 3.63) is 108 Å². The minimum atomic E-state index is 0.945. The van der Waals surface area contributed by atoms with Crippen molar-refractivity contribution in [3.63, 3.8) is 0 Å². The summed E-state index contributed by atoms with van der Waals surface area (Å²) in [6, 6.07) is 27.3. The molecule has 0 heterocycles. The molecular weight excluding hydrogens is 326 g/mol. The fourth-order valence-electron chi connectivity index (χ4n) is 3.68. The highest BCUT2D eigenvalue weighted by atomic mass is 14.9. The predicted octanol–water partition coefficient (Wildman–Crippen LogP) is 7.19. The van der Waals surface area contributed by atoms with Gasteiger partial charge >= 0.3 is 0 Å². The summed E-state index contributed by atoms with van der Waals surface area (Å²) in [6.07, 6.45) is 5.44. The monoisotopic (exact) mass is 349 g/mol. The SMILES string of the molecule is C=C(C)Nc1ccc2ccc3cccc4c3c2c1CC=C4.c1ccccc1. The van der Waals surface area contributed by atoms with Crippen LogP contribution >= 0.6 is 0 Å². The van der Waals surface area contributed by atoms with Gasteiger partial charge in [0.15, 0.2) is 0 Å². The summed E-state index contributed by atoms with van der Waals surface area (Å²) in [4.78, 5) is 0. The number of allylic oxidation sites excluding steroid dienone is 2. The molecule has 1 N–H and O–H groups in total. The second kappa shape index (κ2) is 7.51. The average molecular weight is 349 g/mol. The first-order chi connectivity index (χ1) is 13.2. The van der Waals surface area contributed by atoms with Gasteiger partial charge in [-0.15, -0.1) is 0 Å². The lowest BCUT2D eigenvalue weighted by molar-refractivity contribution is 1.29. The van der Waals surface area contributed by atoms with Crippen LogP contribution in [0, 0.1) is 0 Å². The molecule has 0 bridgehead atoms. The highest BCUT2D eigenvalue weighted by Gasteiger charge is 2.14. The third-order valence-corrected chi connectivity index (χ3v) is 4.80. The first-order valence-corrected chi connectivity index (χ1v) is 9.30. The van der Waals surface area contributed by atoms with Crippen molar-refractivity contribution < 1.29 is 0 Å². The second-order valence-corrected chi connectivity index (χ2v) is 6.87. The Hall–Kier alpha value is -3.32. The number of hydrogen-bond acceptors (Lipinski definition) is 1. The van der Waals surface area contributed by atoms with Gasteiger partial charge in [-0.3, -0.25) is 0 Å². The van der Waals surface area contributed by atoms with Gasteiger partial charge in [0.2, 0.25) is 0 Å². The predicted molar refractivity (Wildman–Crippen MR) is 119 cm³/mol. The summed E-state index contributed by atoms with van der Waals surface area (Å²) in [6.45, 7) is 5.98. The lowest BCUT2D eigenvalue weighted by atomic mass is 9.94. The molecule has 0 aromatic heterocycles. The molecule has 0 spiro atoms. The van der Waals surface area contributed by atoms with E-state index in [9.17, 15) is 0 Å². The molecule has 1 heteroatoms. The van der Waals surface area contributed by atoms with Crippen LogP contribution in [0.15, 0.2) is 97.2 Å². The third kappa shape index (κ3) is 3.50. The fraction of sp³-hybridized carbons (Fsp3) is 0.0769. The summed E-state index contributed by atoms with van der Waals surface area (Å²) in [7, 11) is 0. The number of rotatable bonds is 2. The first kappa shape index (κ1) is 17.1. The molecule has 4 aromatic carbocycles. The van der Waals surface area contributed by atoms with E-state index in [-0.39, 0.29) is 0 Å². The smallest absolute Gasteiger partial charge is 0.0423 e. The zero-order chi connectivity index (χ0) is 18.6. The van der Waals surface area contributed by atoms with Gasteiger partial charge in [0.25, 0.3) is 0 Å². The van der Waals surface area contributed by atoms with Crippen LogP contribution in [0.4, 0.5) is 5.69 Å². The quantitative estimate of drug-likeness (QED) is 0.377.